The number of methoxy groups -OCH3 is 1. The van der Waals surface area contributed by atoms with Crippen molar-refractivity contribution in [1.82, 2.24) is 10.0 Å². The summed E-state index contributed by atoms with van der Waals surface area (Å²) in [6, 6.07) is 4.33. The number of hydrogen-bond acceptors (Lipinski definition) is 6. The predicted molar refractivity (Wildman–Crippen MR) is 88.6 cm³/mol. The smallest absolute Gasteiger partial charge is 0.257 e. The van der Waals surface area contributed by atoms with Crippen LogP contribution in [-0.4, -0.2) is 44.9 Å². The molecule has 0 atom stereocenters. The van der Waals surface area contributed by atoms with Crippen LogP contribution >= 0.6 is 11.8 Å². The highest BCUT2D eigenvalue weighted by Crippen LogP contribution is 2.28. The molecule has 1 heterocycles. The van der Waals surface area contributed by atoms with Gasteiger partial charge in [0, 0.05) is 17.4 Å². The molecule has 124 valence electrons. The van der Waals surface area contributed by atoms with Crippen LogP contribution in [0.5, 0.6) is 5.75 Å². The van der Waals surface area contributed by atoms with Crippen molar-refractivity contribution >= 4 is 32.9 Å². The van der Waals surface area contributed by atoms with Crippen LogP contribution in [0.1, 0.15) is 23.2 Å². The lowest BCUT2D eigenvalue weighted by atomic mass is 10.2. The van der Waals surface area contributed by atoms with Crippen molar-refractivity contribution in [3.63, 3.8) is 0 Å². The highest BCUT2D eigenvalue weighted by Gasteiger charge is 2.30. The van der Waals surface area contributed by atoms with Gasteiger partial charge in [-0.25, -0.2) is 13.1 Å². The van der Waals surface area contributed by atoms with Crippen molar-refractivity contribution in [2.75, 3.05) is 19.4 Å². The number of nitrogens with one attached hydrogen (secondary N) is 2. The normalized spacial score (nSPS) is 17.7. The molecule has 23 heavy (non-hydrogen) atoms. The van der Waals surface area contributed by atoms with Gasteiger partial charge in [0.05, 0.1) is 13.7 Å². The summed E-state index contributed by atoms with van der Waals surface area (Å²) in [5.74, 6) is 0.661. The molecule has 7 nitrogen and oxygen atoms in total. The zero-order chi connectivity index (χ0) is 16.4. The van der Waals surface area contributed by atoms with E-state index in [1.165, 1.54) is 37.1 Å². The summed E-state index contributed by atoms with van der Waals surface area (Å²) in [5.41, 5.74) is 0.247. The van der Waals surface area contributed by atoms with Gasteiger partial charge in [-0.05, 0) is 31.0 Å². The summed E-state index contributed by atoms with van der Waals surface area (Å²) in [5, 5.41) is 3.24. The van der Waals surface area contributed by atoms with Crippen molar-refractivity contribution in [3.8, 4) is 5.75 Å². The van der Waals surface area contributed by atoms with Crippen molar-refractivity contribution in [2.24, 2.45) is 4.99 Å². The number of carbonyl (C=O) groups is 1. The van der Waals surface area contributed by atoms with Crippen LogP contribution in [0.15, 0.2) is 28.1 Å². The molecular weight excluding hydrogens is 338 g/mol. The van der Waals surface area contributed by atoms with Gasteiger partial charge in [0.1, 0.15) is 10.6 Å². The van der Waals surface area contributed by atoms with Gasteiger partial charge in [0.25, 0.3) is 5.91 Å². The number of aliphatic imine (C=N–C) groups is 1. The predicted octanol–water partition coefficient (Wildman–Crippen LogP) is 0.969. The maximum Gasteiger partial charge on any atom is 0.257 e. The number of ether oxygens (including phenoxy) is 1. The summed E-state index contributed by atoms with van der Waals surface area (Å²) in [6.45, 7) is 0.674. The fraction of sp³-hybridized carbons (Fsp3) is 0.429. The fourth-order valence-electron chi connectivity index (χ4n) is 2.09. The van der Waals surface area contributed by atoms with E-state index in [2.05, 4.69) is 15.0 Å². The van der Waals surface area contributed by atoms with Gasteiger partial charge in [0.2, 0.25) is 10.0 Å². The molecule has 0 unspecified atom stereocenters. The average Bonchev–Trinajstić information content (AvgIpc) is 3.18. The number of thioether (sulfide) groups is 1. The minimum absolute atomic E-state index is 0.0218. The van der Waals surface area contributed by atoms with E-state index >= 15 is 0 Å². The molecule has 1 fully saturated rings. The maximum atomic E-state index is 12.4. The summed E-state index contributed by atoms with van der Waals surface area (Å²) in [7, 11) is -2.32. The molecule has 0 radical (unpaired) electrons. The Morgan fingerprint density at radius 3 is 2.78 bits per heavy atom. The molecule has 1 saturated carbocycles. The Morgan fingerprint density at radius 1 is 1.39 bits per heavy atom. The van der Waals surface area contributed by atoms with Crippen LogP contribution in [0.25, 0.3) is 0 Å². The third-order valence-corrected chi connectivity index (χ3v) is 5.85. The van der Waals surface area contributed by atoms with Gasteiger partial charge < -0.3 is 10.1 Å². The third kappa shape index (κ3) is 3.85. The number of rotatable bonds is 5. The van der Waals surface area contributed by atoms with E-state index in [0.29, 0.717) is 11.7 Å². The summed E-state index contributed by atoms with van der Waals surface area (Å²) >= 11 is 1.46. The van der Waals surface area contributed by atoms with Crippen molar-refractivity contribution in [1.29, 1.82) is 0 Å². The molecule has 1 aromatic carbocycles. The number of sulfonamides is 1. The Labute approximate surface area is 138 Å². The lowest BCUT2D eigenvalue weighted by molar-refractivity contribution is 0.0977. The third-order valence-electron chi connectivity index (χ3n) is 3.42. The molecule has 0 saturated heterocycles. The van der Waals surface area contributed by atoms with Crippen molar-refractivity contribution in [3.05, 3.63) is 23.8 Å². The van der Waals surface area contributed by atoms with E-state index < -0.39 is 10.0 Å². The molecule has 3 rings (SSSR count). The van der Waals surface area contributed by atoms with Gasteiger partial charge in [0.15, 0.2) is 5.17 Å². The number of amidine groups is 1. The second-order valence-electron chi connectivity index (χ2n) is 5.25. The Morgan fingerprint density at radius 2 is 2.17 bits per heavy atom. The minimum atomic E-state index is -3.71. The van der Waals surface area contributed by atoms with Crippen LogP contribution in [0.4, 0.5) is 0 Å². The van der Waals surface area contributed by atoms with Crippen LogP contribution < -0.4 is 14.8 Å². The number of benzene rings is 1. The topological polar surface area (TPSA) is 96.9 Å². The largest absolute Gasteiger partial charge is 0.495 e. The van der Waals surface area contributed by atoms with Gasteiger partial charge in [-0.2, -0.15) is 0 Å². The molecule has 0 spiro atoms. The Kier molecular flexibility index (Phi) is 4.60. The number of carbonyl (C=O) groups excluding carboxylic acids is 1. The summed E-state index contributed by atoms with van der Waals surface area (Å²) in [4.78, 5) is 16.4. The highest BCUT2D eigenvalue weighted by molar-refractivity contribution is 8.14. The van der Waals surface area contributed by atoms with Crippen molar-refractivity contribution < 1.29 is 17.9 Å². The second kappa shape index (κ2) is 6.50. The highest BCUT2D eigenvalue weighted by atomic mass is 32.2. The van der Waals surface area contributed by atoms with E-state index in [-0.39, 0.29) is 28.2 Å². The molecule has 9 heteroatoms. The Bertz CT molecular complexity index is 757. The molecule has 2 N–H and O–H groups in total. The SMILES string of the molecule is COc1ccc(C(=O)NC2=NCCS2)cc1S(=O)(=O)NC1CC1. The van der Waals surface area contributed by atoms with E-state index in [1.807, 2.05) is 0 Å². The zero-order valence-electron chi connectivity index (χ0n) is 12.5. The first-order valence-corrected chi connectivity index (χ1v) is 9.65. The van der Waals surface area contributed by atoms with Gasteiger partial charge in [-0.1, -0.05) is 11.8 Å². The van der Waals surface area contributed by atoms with Gasteiger partial charge in [-0.3, -0.25) is 9.79 Å². The molecule has 1 aliphatic carbocycles. The first kappa shape index (κ1) is 16.3. The van der Waals surface area contributed by atoms with Gasteiger partial charge >= 0.3 is 0 Å². The number of nitrogens with zero attached hydrogens (tertiary/aromatic N) is 1. The lowest BCUT2D eigenvalue weighted by Gasteiger charge is -2.12. The van der Waals surface area contributed by atoms with Crippen LogP contribution in [0.3, 0.4) is 0 Å². The van der Waals surface area contributed by atoms with Crippen LogP contribution in [-0.2, 0) is 10.0 Å². The monoisotopic (exact) mass is 355 g/mol. The second-order valence-corrected chi connectivity index (χ2v) is 8.02. The van der Waals surface area contributed by atoms with E-state index in [4.69, 9.17) is 4.74 Å². The summed E-state index contributed by atoms with van der Waals surface area (Å²) in [6.07, 6.45) is 1.66. The molecule has 0 bridgehead atoms. The molecular formula is C14H17N3O4S2. The molecule has 2 aliphatic rings. The minimum Gasteiger partial charge on any atom is -0.495 e. The van der Waals surface area contributed by atoms with E-state index in [0.717, 1.165) is 18.6 Å². The molecule has 1 aromatic rings. The van der Waals surface area contributed by atoms with E-state index in [1.54, 1.807) is 0 Å². The molecule has 1 aliphatic heterocycles. The van der Waals surface area contributed by atoms with Gasteiger partial charge in [-0.15, -0.1) is 0 Å². The zero-order valence-corrected chi connectivity index (χ0v) is 14.2. The fourth-order valence-corrected chi connectivity index (χ4v) is 4.32. The lowest BCUT2D eigenvalue weighted by Crippen LogP contribution is -2.29. The average molecular weight is 355 g/mol. The number of amides is 1. The van der Waals surface area contributed by atoms with Crippen LogP contribution in [0, 0.1) is 0 Å². The quantitative estimate of drug-likeness (QED) is 0.820. The van der Waals surface area contributed by atoms with Crippen molar-refractivity contribution in [2.45, 2.75) is 23.8 Å². The van der Waals surface area contributed by atoms with Crippen LogP contribution in [0.2, 0.25) is 0 Å². The summed E-state index contributed by atoms with van der Waals surface area (Å²) < 4.78 is 32.6. The Balaban J connectivity index is 1.87. The number of hydrogen-bond donors (Lipinski definition) is 2. The first-order valence-electron chi connectivity index (χ1n) is 7.18. The molecule has 0 aromatic heterocycles. The first-order chi connectivity index (χ1) is 11.0. The Hall–Kier alpha value is -1.58. The van der Waals surface area contributed by atoms with E-state index in [9.17, 15) is 13.2 Å². The molecule has 1 amide bonds. The maximum absolute atomic E-state index is 12.4. The standard InChI is InChI=1S/C14H17N3O4S2/c1-21-11-5-2-9(13(18)16-14-15-6-7-22-14)8-12(11)23(19,20)17-10-3-4-10/h2,5,8,10,17H,3-4,6-7H2,1H3,(H,15,16,18).